The van der Waals surface area contributed by atoms with Crippen molar-refractivity contribution in [3.63, 3.8) is 0 Å². The van der Waals surface area contributed by atoms with Crippen molar-refractivity contribution in [3.8, 4) is 17.2 Å². The maximum absolute atomic E-state index is 13.1. The first-order chi connectivity index (χ1) is 11.0. The molecule has 7 nitrogen and oxygen atoms in total. The van der Waals surface area contributed by atoms with Gasteiger partial charge >= 0.3 is 0 Å². The third-order valence-corrected chi connectivity index (χ3v) is 5.99. The Morgan fingerprint density at radius 1 is 1.12 bits per heavy atom. The van der Waals surface area contributed by atoms with E-state index < -0.39 is 10.0 Å². The van der Waals surface area contributed by atoms with Crippen molar-refractivity contribution >= 4 is 22.4 Å². The number of benzene rings is 1. The highest BCUT2D eigenvalue weighted by molar-refractivity contribution is 7.89. The Morgan fingerprint density at radius 2 is 1.71 bits per heavy atom. The number of hydrogen-bond acceptors (Lipinski definition) is 6. The van der Waals surface area contributed by atoms with E-state index >= 15 is 0 Å². The van der Waals surface area contributed by atoms with Crippen LogP contribution in [-0.4, -0.2) is 60.2 Å². The lowest BCUT2D eigenvalue weighted by atomic mass is 10.1. The second-order valence-corrected chi connectivity index (χ2v) is 7.23. The number of sulfonamides is 1. The Balaban J connectivity index is 0.00000288. The van der Waals surface area contributed by atoms with Gasteiger partial charge in [0.2, 0.25) is 0 Å². The van der Waals surface area contributed by atoms with Crippen LogP contribution in [-0.2, 0) is 10.0 Å². The van der Waals surface area contributed by atoms with Gasteiger partial charge < -0.3 is 19.5 Å². The largest absolute Gasteiger partial charge is 0.496 e. The molecular formula is C15H25ClN2O5S. The van der Waals surface area contributed by atoms with Crippen LogP contribution in [0.15, 0.2) is 17.0 Å². The molecule has 1 saturated heterocycles. The SMILES string of the molecule is CNC1CCCN(S(=O)(=O)c2c(OC)cc(OC)cc2OC)C1.Cl. The van der Waals surface area contributed by atoms with E-state index in [0.717, 1.165) is 12.8 Å². The van der Waals surface area contributed by atoms with E-state index in [1.807, 2.05) is 7.05 Å². The quantitative estimate of drug-likeness (QED) is 0.806. The van der Waals surface area contributed by atoms with Gasteiger partial charge in [-0.05, 0) is 19.9 Å². The summed E-state index contributed by atoms with van der Waals surface area (Å²) in [6, 6.07) is 3.25. The summed E-state index contributed by atoms with van der Waals surface area (Å²) in [5.41, 5.74) is 0. The predicted molar refractivity (Wildman–Crippen MR) is 94.2 cm³/mol. The zero-order valence-electron chi connectivity index (χ0n) is 14.4. The average Bonchev–Trinajstić information content (AvgIpc) is 2.60. The van der Waals surface area contributed by atoms with Crippen LogP contribution in [0.2, 0.25) is 0 Å². The number of halogens is 1. The summed E-state index contributed by atoms with van der Waals surface area (Å²) in [7, 11) is 2.48. The van der Waals surface area contributed by atoms with Crippen LogP contribution in [0, 0.1) is 0 Å². The van der Waals surface area contributed by atoms with E-state index in [-0.39, 0.29) is 34.8 Å². The van der Waals surface area contributed by atoms with E-state index in [2.05, 4.69) is 5.32 Å². The molecule has 0 bridgehead atoms. The minimum absolute atomic E-state index is 0. The Morgan fingerprint density at radius 3 is 2.17 bits per heavy atom. The minimum Gasteiger partial charge on any atom is -0.496 e. The molecular weight excluding hydrogens is 356 g/mol. The Hall–Kier alpha value is -1.22. The van der Waals surface area contributed by atoms with E-state index in [0.29, 0.717) is 18.8 Å². The molecule has 0 radical (unpaired) electrons. The van der Waals surface area contributed by atoms with E-state index in [1.54, 1.807) is 12.1 Å². The summed E-state index contributed by atoms with van der Waals surface area (Å²) in [5, 5.41) is 3.14. The van der Waals surface area contributed by atoms with Gasteiger partial charge in [0.1, 0.15) is 17.2 Å². The van der Waals surface area contributed by atoms with Crippen LogP contribution in [0.3, 0.4) is 0 Å². The van der Waals surface area contributed by atoms with Crippen molar-refractivity contribution < 1.29 is 22.6 Å². The fourth-order valence-corrected chi connectivity index (χ4v) is 4.55. The van der Waals surface area contributed by atoms with Crippen molar-refractivity contribution in [2.24, 2.45) is 0 Å². The molecule has 1 unspecified atom stereocenters. The molecule has 0 amide bonds. The molecule has 1 atom stereocenters. The van der Waals surface area contributed by atoms with Crippen molar-refractivity contribution in [1.29, 1.82) is 0 Å². The monoisotopic (exact) mass is 380 g/mol. The van der Waals surface area contributed by atoms with Crippen LogP contribution < -0.4 is 19.5 Å². The third kappa shape index (κ3) is 4.05. The van der Waals surface area contributed by atoms with Gasteiger partial charge in [-0.15, -0.1) is 12.4 Å². The zero-order chi connectivity index (χ0) is 17.0. The lowest BCUT2D eigenvalue weighted by molar-refractivity contribution is 0.289. The van der Waals surface area contributed by atoms with Gasteiger partial charge in [-0.1, -0.05) is 0 Å². The van der Waals surface area contributed by atoms with E-state index in [4.69, 9.17) is 14.2 Å². The van der Waals surface area contributed by atoms with Crippen LogP contribution in [0.4, 0.5) is 0 Å². The second-order valence-electron chi connectivity index (χ2n) is 5.35. The molecule has 1 heterocycles. The summed E-state index contributed by atoms with van der Waals surface area (Å²) in [5.74, 6) is 0.907. The van der Waals surface area contributed by atoms with Gasteiger partial charge in [-0.3, -0.25) is 0 Å². The van der Waals surface area contributed by atoms with Crippen molar-refractivity contribution in [2.75, 3.05) is 41.5 Å². The van der Waals surface area contributed by atoms with Gasteiger partial charge in [-0.25, -0.2) is 8.42 Å². The summed E-state index contributed by atoms with van der Waals surface area (Å²) in [6.45, 7) is 0.913. The second kappa shape index (κ2) is 8.75. The maximum atomic E-state index is 13.1. The van der Waals surface area contributed by atoms with Gasteiger partial charge in [-0.2, -0.15) is 4.31 Å². The first kappa shape index (κ1) is 20.8. The minimum atomic E-state index is -3.73. The molecule has 24 heavy (non-hydrogen) atoms. The fraction of sp³-hybridized carbons (Fsp3) is 0.600. The van der Waals surface area contributed by atoms with Crippen LogP contribution in [0.1, 0.15) is 12.8 Å². The smallest absolute Gasteiger partial charge is 0.250 e. The van der Waals surface area contributed by atoms with Crippen LogP contribution in [0.25, 0.3) is 0 Å². The Kier molecular flexibility index (Phi) is 7.59. The van der Waals surface area contributed by atoms with Crippen LogP contribution >= 0.6 is 12.4 Å². The molecule has 1 aromatic rings. The number of nitrogens with zero attached hydrogens (tertiary/aromatic N) is 1. The molecule has 0 saturated carbocycles. The highest BCUT2D eigenvalue weighted by Crippen LogP contribution is 2.39. The zero-order valence-corrected chi connectivity index (χ0v) is 16.0. The fourth-order valence-electron chi connectivity index (χ4n) is 2.75. The first-order valence-electron chi connectivity index (χ1n) is 7.45. The molecule has 1 N–H and O–H groups in total. The normalized spacial score (nSPS) is 18.6. The lowest BCUT2D eigenvalue weighted by Gasteiger charge is -2.32. The maximum Gasteiger partial charge on any atom is 0.250 e. The molecule has 1 fully saturated rings. The standard InChI is InChI=1S/C15H24N2O5S.ClH/c1-16-11-6-5-7-17(10-11)23(18,19)15-13(21-3)8-12(20-2)9-14(15)22-4;/h8-9,11,16H,5-7,10H2,1-4H3;1H. The molecule has 1 aliphatic rings. The number of ether oxygens (including phenoxy) is 3. The molecule has 0 aliphatic carbocycles. The van der Waals surface area contributed by atoms with E-state index in [9.17, 15) is 8.42 Å². The average molecular weight is 381 g/mol. The topological polar surface area (TPSA) is 77.1 Å². The van der Waals surface area contributed by atoms with E-state index in [1.165, 1.54) is 25.6 Å². The van der Waals surface area contributed by atoms with Crippen LogP contribution in [0.5, 0.6) is 17.2 Å². The molecule has 1 aromatic carbocycles. The number of likely N-dealkylation sites (N-methyl/N-ethyl adjacent to an activating group) is 1. The molecule has 138 valence electrons. The van der Waals surface area contributed by atoms with Gasteiger partial charge in [0, 0.05) is 31.3 Å². The number of methoxy groups -OCH3 is 3. The highest BCUT2D eigenvalue weighted by atomic mass is 35.5. The van der Waals surface area contributed by atoms with Crippen molar-refractivity contribution in [2.45, 2.75) is 23.8 Å². The lowest BCUT2D eigenvalue weighted by Crippen LogP contribution is -2.46. The Labute approximate surface area is 149 Å². The third-order valence-electron chi connectivity index (χ3n) is 4.06. The molecule has 2 rings (SSSR count). The van der Waals surface area contributed by atoms with Gasteiger partial charge in [0.25, 0.3) is 10.0 Å². The number of rotatable bonds is 6. The summed E-state index contributed by atoms with van der Waals surface area (Å²) in [6.07, 6.45) is 1.77. The highest BCUT2D eigenvalue weighted by Gasteiger charge is 2.35. The molecule has 1 aliphatic heterocycles. The number of hydrogen-bond donors (Lipinski definition) is 1. The van der Waals surface area contributed by atoms with Crippen molar-refractivity contribution in [1.82, 2.24) is 9.62 Å². The van der Waals surface area contributed by atoms with Gasteiger partial charge in [0.15, 0.2) is 4.90 Å². The molecule has 0 aromatic heterocycles. The number of nitrogens with one attached hydrogen (secondary N) is 1. The summed E-state index contributed by atoms with van der Waals surface area (Å²) in [4.78, 5) is 0.0417. The number of piperidine rings is 1. The summed E-state index contributed by atoms with van der Waals surface area (Å²) >= 11 is 0. The summed E-state index contributed by atoms with van der Waals surface area (Å²) < 4.78 is 43.4. The van der Waals surface area contributed by atoms with Crippen molar-refractivity contribution in [3.05, 3.63) is 12.1 Å². The predicted octanol–water partition coefficient (Wildman–Crippen LogP) is 1.51. The van der Waals surface area contributed by atoms with Gasteiger partial charge in [0.05, 0.1) is 21.3 Å². The molecule has 0 spiro atoms. The molecule has 9 heteroatoms. The first-order valence-corrected chi connectivity index (χ1v) is 8.89. The Bertz CT molecular complexity index is 628.